The predicted molar refractivity (Wildman–Crippen MR) is 103 cm³/mol. The summed E-state index contributed by atoms with van der Waals surface area (Å²) in [4.78, 5) is 27.0. The molecule has 0 aliphatic rings. The summed E-state index contributed by atoms with van der Waals surface area (Å²) in [6.45, 7) is 0.348. The molecule has 3 rings (SSSR count). The molecule has 0 aliphatic carbocycles. The van der Waals surface area contributed by atoms with E-state index < -0.39 is 0 Å². The Balaban J connectivity index is 1.55. The molecule has 1 aromatic heterocycles. The van der Waals surface area contributed by atoms with Crippen LogP contribution in [0, 0.1) is 5.82 Å². The van der Waals surface area contributed by atoms with Gasteiger partial charge in [0.05, 0.1) is 12.6 Å². The summed E-state index contributed by atoms with van der Waals surface area (Å²) in [5, 5.41) is 3.68. The molecular weight excluding hydrogens is 347 g/mol. The van der Waals surface area contributed by atoms with E-state index in [2.05, 4.69) is 10.3 Å². The topological polar surface area (TPSA) is 71.2 Å². The molecular formula is C21H21FN2O3. The Morgan fingerprint density at radius 3 is 2.70 bits per heavy atom. The predicted octanol–water partition coefficient (Wildman–Crippen LogP) is 2.97. The Hall–Kier alpha value is -3.15. The van der Waals surface area contributed by atoms with Crippen molar-refractivity contribution in [1.29, 1.82) is 0 Å². The van der Waals surface area contributed by atoms with E-state index in [4.69, 9.17) is 4.74 Å². The Morgan fingerprint density at radius 2 is 1.93 bits per heavy atom. The fourth-order valence-electron chi connectivity index (χ4n) is 2.91. The standard InChI is InChI=1S/C21H21FN2O3/c1-27-17-8-6-15-12-16(21(26)24-19(15)13-17)10-11-23-20(25)9-7-14-4-2-3-5-18(14)22/h2-6,8,12-13H,7,9-11H2,1H3,(H,23,25)(H,24,26). The zero-order valence-electron chi connectivity index (χ0n) is 15.0. The number of halogens is 1. The summed E-state index contributed by atoms with van der Waals surface area (Å²) in [5.41, 5.74) is 1.64. The van der Waals surface area contributed by atoms with Gasteiger partial charge in [0.15, 0.2) is 0 Å². The van der Waals surface area contributed by atoms with E-state index in [1.165, 1.54) is 6.07 Å². The van der Waals surface area contributed by atoms with Gasteiger partial charge >= 0.3 is 0 Å². The first-order valence-corrected chi connectivity index (χ1v) is 8.77. The van der Waals surface area contributed by atoms with Gasteiger partial charge in [-0.15, -0.1) is 0 Å². The van der Waals surface area contributed by atoms with Gasteiger partial charge in [0.1, 0.15) is 11.6 Å². The smallest absolute Gasteiger partial charge is 0.251 e. The minimum atomic E-state index is -0.301. The quantitative estimate of drug-likeness (QED) is 0.674. The molecule has 3 aromatic rings. The maximum atomic E-state index is 13.6. The van der Waals surface area contributed by atoms with Crippen LogP contribution in [-0.2, 0) is 17.6 Å². The van der Waals surface area contributed by atoms with Gasteiger partial charge in [-0.1, -0.05) is 18.2 Å². The van der Waals surface area contributed by atoms with Crippen molar-refractivity contribution < 1.29 is 13.9 Å². The number of aromatic nitrogens is 1. The molecule has 1 amide bonds. The van der Waals surface area contributed by atoms with Crippen LogP contribution in [0.1, 0.15) is 17.5 Å². The fraction of sp³-hybridized carbons (Fsp3) is 0.238. The number of hydrogen-bond donors (Lipinski definition) is 2. The molecule has 1 heterocycles. The highest BCUT2D eigenvalue weighted by atomic mass is 19.1. The van der Waals surface area contributed by atoms with Crippen LogP contribution in [0.2, 0.25) is 0 Å². The average molecular weight is 368 g/mol. The second kappa shape index (κ2) is 8.49. The third-order valence-electron chi connectivity index (χ3n) is 4.43. The van der Waals surface area contributed by atoms with Crippen LogP contribution in [0.15, 0.2) is 53.3 Å². The number of fused-ring (bicyclic) bond motifs is 1. The molecule has 0 spiro atoms. The third kappa shape index (κ3) is 4.73. The van der Waals surface area contributed by atoms with Crippen molar-refractivity contribution in [3.8, 4) is 5.75 Å². The lowest BCUT2D eigenvalue weighted by molar-refractivity contribution is -0.121. The monoisotopic (exact) mass is 368 g/mol. The largest absolute Gasteiger partial charge is 0.497 e. The van der Waals surface area contributed by atoms with Gasteiger partial charge in [0, 0.05) is 24.6 Å². The number of ether oxygens (including phenoxy) is 1. The van der Waals surface area contributed by atoms with E-state index in [0.717, 1.165) is 5.39 Å². The lowest BCUT2D eigenvalue weighted by atomic mass is 10.1. The van der Waals surface area contributed by atoms with Crippen LogP contribution in [-0.4, -0.2) is 24.5 Å². The van der Waals surface area contributed by atoms with Crippen LogP contribution < -0.4 is 15.6 Å². The summed E-state index contributed by atoms with van der Waals surface area (Å²) < 4.78 is 18.7. The van der Waals surface area contributed by atoms with E-state index >= 15 is 0 Å². The van der Waals surface area contributed by atoms with E-state index in [1.54, 1.807) is 31.4 Å². The van der Waals surface area contributed by atoms with Crippen molar-refractivity contribution >= 4 is 16.8 Å². The van der Waals surface area contributed by atoms with Gasteiger partial charge in [-0.3, -0.25) is 9.59 Å². The Bertz CT molecular complexity index is 1010. The molecule has 0 saturated heterocycles. The molecule has 0 aliphatic heterocycles. The van der Waals surface area contributed by atoms with Crippen molar-refractivity contribution in [2.75, 3.05) is 13.7 Å². The number of aryl methyl sites for hydroxylation is 1. The first kappa shape index (κ1) is 18.6. The molecule has 2 aromatic carbocycles. The number of nitrogens with one attached hydrogen (secondary N) is 2. The van der Waals surface area contributed by atoms with Crippen LogP contribution in [0.4, 0.5) is 4.39 Å². The van der Waals surface area contributed by atoms with Gasteiger partial charge in [0.2, 0.25) is 5.91 Å². The molecule has 0 atom stereocenters. The van der Waals surface area contributed by atoms with E-state index in [1.807, 2.05) is 18.2 Å². The van der Waals surface area contributed by atoms with Crippen LogP contribution in [0.25, 0.3) is 10.9 Å². The lowest BCUT2D eigenvalue weighted by Gasteiger charge is -2.07. The van der Waals surface area contributed by atoms with Crippen LogP contribution in [0.3, 0.4) is 0 Å². The summed E-state index contributed by atoms with van der Waals surface area (Å²) >= 11 is 0. The Labute approximate surface area is 156 Å². The molecule has 0 fully saturated rings. The minimum absolute atomic E-state index is 0.166. The second-order valence-electron chi connectivity index (χ2n) is 6.27. The highest BCUT2D eigenvalue weighted by molar-refractivity contribution is 5.80. The van der Waals surface area contributed by atoms with Gasteiger partial charge in [0.25, 0.3) is 5.56 Å². The number of carbonyl (C=O) groups is 1. The Morgan fingerprint density at radius 1 is 1.11 bits per heavy atom. The zero-order valence-corrected chi connectivity index (χ0v) is 15.0. The number of rotatable bonds is 7. The van der Waals surface area contributed by atoms with E-state index in [9.17, 15) is 14.0 Å². The van der Waals surface area contributed by atoms with Crippen molar-refractivity contribution in [2.45, 2.75) is 19.3 Å². The molecule has 0 unspecified atom stereocenters. The van der Waals surface area contributed by atoms with Gasteiger partial charge in [-0.05, 0) is 48.1 Å². The number of amides is 1. The molecule has 0 saturated carbocycles. The second-order valence-corrected chi connectivity index (χ2v) is 6.27. The number of hydrogen-bond acceptors (Lipinski definition) is 3. The molecule has 2 N–H and O–H groups in total. The molecule has 140 valence electrons. The number of methoxy groups -OCH3 is 1. The first-order valence-electron chi connectivity index (χ1n) is 8.77. The number of benzene rings is 2. The van der Waals surface area contributed by atoms with Crippen molar-refractivity contribution in [3.05, 3.63) is 75.8 Å². The summed E-state index contributed by atoms with van der Waals surface area (Å²) in [5.74, 6) is 0.206. The maximum Gasteiger partial charge on any atom is 0.251 e. The van der Waals surface area contributed by atoms with Gasteiger partial charge < -0.3 is 15.0 Å². The van der Waals surface area contributed by atoms with Gasteiger partial charge in [-0.25, -0.2) is 4.39 Å². The van der Waals surface area contributed by atoms with Gasteiger partial charge in [-0.2, -0.15) is 0 Å². The summed E-state index contributed by atoms with van der Waals surface area (Å²) in [6.07, 6.45) is 0.967. The molecule has 27 heavy (non-hydrogen) atoms. The van der Waals surface area contributed by atoms with E-state index in [0.29, 0.717) is 41.8 Å². The zero-order chi connectivity index (χ0) is 19.2. The maximum absolute atomic E-state index is 13.6. The van der Waals surface area contributed by atoms with Crippen molar-refractivity contribution in [1.82, 2.24) is 10.3 Å². The number of H-pyrrole nitrogens is 1. The molecule has 0 bridgehead atoms. The number of carbonyl (C=O) groups excluding carboxylic acids is 1. The first-order chi connectivity index (χ1) is 13.1. The summed E-state index contributed by atoms with van der Waals surface area (Å²) in [6, 6.07) is 13.7. The number of aromatic amines is 1. The molecule has 0 radical (unpaired) electrons. The van der Waals surface area contributed by atoms with E-state index in [-0.39, 0.29) is 23.7 Å². The highest BCUT2D eigenvalue weighted by Gasteiger charge is 2.07. The Kier molecular flexibility index (Phi) is 5.86. The summed E-state index contributed by atoms with van der Waals surface area (Å²) in [7, 11) is 1.57. The lowest BCUT2D eigenvalue weighted by Crippen LogP contribution is -2.27. The number of pyridine rings is 1. The highest BCUT2D eigenvalue weighted by Crippen LogP contribution is 2.18. The SMILES string of the molecule is COc1ccc2cc(CCNC(=O)CCc3ccccc3F)c(=O)[nH]c2c1. The normalized spacial score (nSPS) is 10.7. The van der Waals surface area contributed by atoms with Crippen LogP contribution >= 0.6 is 0 Å². The van der Waals surface area contributed by atoms with Crippen molar-refractivity contribution in [3.63, 3.8) is 0 Å². The fourth-order valence-corrected chi connectivity index (χ4v) is 2.91. The van der Waals surface area contributed by atoms with Crippen molar-refractivity contribution in [2.24, 2.45) is 0 Å². The third-order valence-corrected chi connectivity index (χ3v) is 4.43. The molecule has 5 nitrogen and oxygen atoms in total. The minimum Gasteiger partial charge on any atom is -0.497 e. The van der Waals surface area contributed by atoms with Crippen LogP contribution in [0.5, 0.6) is 5.75 Å². The molecule has 6 heteroatoms. The average Bonchev–Trinajstić information content (AvgIpc) is 2.67.